The molecular formula is C15H19NO3. The molecule has 19 heavy (non-hydrogen) atoms. The molecule has 2 rings (SSSR count). The third kappa shape index (κ3) is 2.79. The molecule has 0 saturated heterocycles. The third-order valence-electron chi connectivity index (χ3n) is 3.18. The van der Waals surface area contributed by atoms with E-state index >= 15 is 0 Å². The van der Waals surface area contributed by atoms with E-state index in [0.717, 1.165) is 17.4 Å². The van der Waals surface area contributed by atoms with Crippen LogP contribution in [-0.2, 0) is 11.3 Å². The molecule has 4 nitrogen and oxygen atoms in total. The fourth-order valence-electron chi connectivity index (χ4n) is 1.96. The molecule has 1 aromatic heterocycles. The highest BCUT2D eigenvalue weighted by atomic mass is 16.5. The minimum atomic E-state index is -0.183. The highest BCUT2D eigenvalue weighted by Crippen LogP contribution is 2.26. The molecule has 0 spiro atoms. The Bertz CT molecular complexity index is 574. The fourth-order valence-corrected chi connectivity index (χ4v) is 1.96. The van der Waals surface area contributed by atoms with Crippen LogP contribution in [0, 0.1) is 0 Å². The molecule has 0 bridgehead atoms. The number of carbonyl (C=O) groups excluding carboxylic acids is 1. The Hall–Kier alpha value is -1.81. The van der Waals surface area contributed by atoms with Crippen molar-refractivity contribution in [3.63, 3.8) is 0 Å². The monoisotopic (exact) mass is 261 g/mol. The summed E-state index contributed by atoms with van der Waals surface area (Å²) in [4.78, 5) is 12.2. The Morgan fingerprint density at radius 3 is 2.84 bits per heavy atom. The Labute approximate surface area is 112 Å². The molecule has 0 aliphatic heterocycles. The Morgan fingerprint density at radius 2 is 2.16 bits per heavy atom. The summed E-state index contributed by atoms with van der Waals surface area (Å²) >= 11 is 0. The van der Waals surface area contributed by atoms with Crippen molar-refractivity contribution >= 4 is 16.9 Å². The average Bonchev–Trinajstić information content (AvgIpc) is 2.78. The molecule has 0 radical (unpaired) electrons. The van der Waals surface area contributed by atoms with Crippen LogP contribution in [0.3, 0.4) is 0 Å². The molecule has 2 aromatic rings. The summed E-state index contributed by atoms with van der Waals surface area (Å²) in [6, 6.07) is 7.73. The van der Waals surface area contributed by atoms with Crippen molar-refractivity contribution in [1.82, 2.24) is 5.32 Å². The maximum Gasteiger partial charge on any atom is 0.287 e. The van der Waals surface area contributed by atoms with Gasteiger partial charge in [-0.1, -0.05) is 25.1 Å². The molecule has 0 aliphatic carbocycles. The number of fused-ring (bicyclic) bond motifs is 1. The normalized spacial score (nSPS) is 12.6. The van der Waals surface area contributed by atoms with E-state index in [-0.39, 0.29) is 11.9 Å². The Kier molecular flexibility index (Phi) is 4.22. The summed E-state index contributed by atoms with van der Waals surface area (Å²) in [5.74, 6) is 0.168. The number of nitrogens with one attached hydrogen (secondary N) is 1. The number of rotatable bonds is 5. The minimum absolute atomic E-state index is 0.121. The van der Waals surface area contributed by atoms with Gasteiger partial charge in [-0.3, -0.25) is 4.79 Å². The number of para-hydroxylation sites is 1. The molecule has 1 aromatic carbocycles. The number of methoxy groups -OCH3 is 1. The van der Waals surface area contributed by atoms with Crippen LogP contribution < -0.4 is 5.32 Å². The molecule has 0 saturated carbocycles. The maximum atomic E-state index is 12.2. The van der Waals surface area contributed by atoms with Crippen LogP contribution in [0.4, 0.5) is 0 Å². The van der Waals surface area contributed by atoms with E-state index in [0.29, 0.717) is 18.0 Å². The molecule has 0 aliphatic rings. The molecule has 0 fully saturated rings. The first-order chi connectivity index (χ1) is 9.17. The van der Waals surface area contributed by atoms with E-state index in [1.165, 1.54) is 0 Å². The van der Waals surface area contributed by atoms with Gasteiger partial charge in [-0.15, -0.1) is 0 Å². The van der Waals surface area contributed by atoms with E-state index in [4.69, 9.17) is 9.15 Å². The van der Waals surface area contributed by atoms with Crippen molar-refractivity contribution in [1.29, 1.82) is 0 Å². The standard InChI is InChI=1S/C15H19NO3/c1-4-10(2)16-15(17)14-12(9-18-3)11-7-5-6-8-13(11)19-14/h5-8,10H,4,9H2,1-3H3,(H,16,17). The molecular weight excluding hydrogens is 242 g/mol. The summed E-state index contributed by atoms with van der Waals surface area (Å²) in [6.07, 6.45) is 0.881. The van der Waals surface area contributed by atoms with Gasteiger partial charge in [0.1, 0.15) is 5.58 Å². The SMILES string of the molecule is CCC(C)NC(=O)c1oc2ccccc2c1COC. The maximum absolute atomic E-state index is 12.2. The largest absolute Gasteiger partial charge is 0.451 e. The van der Waals surface area contributed by atoms with Gasteiger partial charge in [0.05, 0.1) is 6.61 Å². The predicted octanol–water partition coefficient (Wildman–Crippen LogP) is 3.11. The number of furan rings is 1. The molecule has 1 heterocycles. The lowest BCUT2D eigenvalue weighted by molar-refractivity contribution is 0.0907. The minimum Gasteiger partial charge on any atom is -0.451 e. The van der Waals surface area contributed by atoms with Gasteiger partial charge in [-0.25, -0.2) is 0 Å². The lowest BCUT2D eigenvalue weighted by Gasteiger charge is -2.10. The third-order valence-corrected chi connectivity index (χ3v) is 3.18. The van der Waals surface area contributed by atoms with Crippen LogP contribution in [0.5, 0.6) is 0 Å². The lowest BCUT2D eigenvalue weighted by atomic mass is 10.1. The van der Waals surface area contributed by atoms with Crippen LogP contribution in [0.15, 0.2) is 28.7 Å². The van der Waals surface area contributed by atoms with E-state index < -0.39 is 0 Å². The summed E-state index contributed by atoms with van der Waals surface area (Å²) in [5, 5.41) is 3.85. The second kappa shape index (κ2) is 5.89. The summed E-state index contributed by atoms with van der Waals surface area (Å²) < 4.78 is 10.8. The number of carbonyl (C=O) groups is 1. The zero-order valence-electron chi connectivity index (χ0n) is 11.5. The molecule has 1 amide bonds. The zero-order chi connectivity index (χ0) is 13.8. The second-order valence-electron chi connectivity index (χ2n) is 4.62. The number of hydrogen-bond donors (Lipinski definition) is 1. The Balaban J connectivity index is 2.41. The van der Waals surface area contributed by atoms with Crippen molar-refractivity contribution in [2.24, 2.45) is 0 Å². The van der Waals surface area contributed by atoms with E-state index in [1.54, 1.807) is 7.11 Å². The van der Waals surface area contributed by atoms with Crippen LogP contribution in [0.2, 0.25) is 0 Å². The van der Waals surface area contributed by atoms with Crippen LogP contribution >= 0.6 is 0 Å². The lowest BCUT2D eigenvalue weighted by Crippen LogP contribution is -2.32. The Morgan fingerprint density at radius 1 is 1.42 bits per heavy atom. The van der Waals surface area contributed by atoms with Gasteiger partial charge in [0, 0.05) is 24.1 Å². The molecule has 4 heteroatoms. The van der Waals surface area contributed by atoms with Crippen LogP contribution in [0.25, 0.3) is 11.0 Å². The second-order valence-corrected chi connectivity index (χ2v) is 4.62. The first-order valence-electron chi connectivity index (χ1n) is 6.47. The highest BCUT2D eigenvalue weighted by Gasteiger charge is 2.20. The van der Waals surface area contributed by atoms with Gasteiger partial charge in [0.25, 0.3) is 5.91 Å². The van der Waals surface area contributed by atoms with E-state index in [1.807, 2.05) is 38.1 Å². The van der Waals surface area contributed by atoms with Gasteiger partial charge in [0.15, 0.2) is 5.76 Å². The first-order valence-corrected chi connectivity index (χ1v) is 6.47. The van der Waals surface area contributed by atoms with Gasteiger partial charge in [-0.2, -0.15) is 0 Å². The average molecular weight is 261 g/mol. The molecule has 1 unspecified atom stereocenters. The quantitative estimate of drug-likeness (QED) is 0.899. The number of amides is 1. The summed E-state index contributed by atoms with van der Waals surface area (Å²) in [5.41, 5.74) is 1.52. The first kappa shape index (κ1) is 13.6. The molecule has 1 atom stereocenters. The van der Waals surface area contributed by atoms with Crippen molar-refractivity contribution < 1.29 is 13.9 Å². The van der Waals surface area contributed by atoms with Crippen molar-refractivity contribution in [3.8, 4) is 0 Å². The fraction of sp³-hybridized carbons (Fsp3) is 0.400. The summed E-state index contributed by atoms with van der Waals surface area (Å²) in [6.45, 7) is 4.36. The van der Waals surface area contributed by atoms with E-state index in [2.05, 4.69) is 5.32 Å². The van der Waals surface area contributed by atoms with Gasteiger partial charge in [-0.05, 0) is 19.4 Å². The van der Waals surface area contributed by atoms with E-state index in [9.17, 15) is 4.79 Å². The van der Waals surface area contributed by atoms with Crippen molar-refractivity contribution in [2.45, 2.75) is 32.9 Å². The van der Waals surface area contributed by atoms with Crippen LogP contribution in [-0.4, -0.2) is 19.1 Å². The molecule has 1 N–H and O–H groups in total. The number of hydrogen-bond acceptors (Lipinski definition) is 3. The zero-order valence-corrected chi connectivity index (χ0v) is 11.5. The van der Waals surface area contributed by atoms with Gasteiger partial charge < -0.3 is 14.5 Å². The number of ether oxygens (including phenoxy) is 1. The summed E-state index contributed by atoms with van der Waals surface area (Å²) in [7, 11) is 1.61. The van der Waals surface area contributed by atoms with Crippen LogP contribution in [0.1, 0.15) is 36.4 Å². The predicted molar refractivity (Wildman–Crippen MR) is 74.1 cm³/mol. The number of benzene rings is 1. The van der Waals surface area contributed by atoms with Crippen molar-refractivity contribution in [2.75, 3.05) is 7.11 Å². The molecule has 102 valence electrons. The van der Waals surface area contributed by atoms with Crippen molar-refractivity contribution in [3.05, 3.63) is 35.6 Å². The van der Waals surface area contributed by atoms with Gasteiger partial charge in [0.2, 0.25) is 0 Å². The topological polar surface area (TPSA) is 51.5 Å². The highest BCUT2D eigenvalue weighted by molar-refractivity contribution is 5.99. The van der Waals surface area contributed by atoms with Gasteiger partial charge >= 0.3 is 0 Å². The smallest absolute Gasteiger partial charge is 0.287 e.